The summed E-state index contributed by atoms with van der Waals surface area (Å²) in [6.07, 6.45) is 5.99. The molecule has 0 radical (unpaired) electrons. The van der Waals surface area contributed by atoms with Crippen LogP contribution in [0.1, 0.15) is 39.5 Å². The number of hydrogen-bond acceptors (Lipinski definition) is 1. The molecule has 2 rings (SSSR count). The molecule has 1 atom stereocenters. The summed E-state index contributed by atoms with van der Waals surface area (Å²) in [5, 5.41) is 0. The Morgan fingerprint density at radius 2 is 1.62 bits per heavy atom. The Morgan fingerprint density at radius 3 is 1.77 bits per heavy atom. The molecule has 13 heavy (non-hydrogen) atoms. The van der Waals surface area contributed by atoms with Gasteiger partial charge in [-0.05, 0) is 38.3 Å². The van der Waals surface area contributed by atoms with E-state index in [1.165, 1.54) is 38.8 Å². The predicted molar refractivity (Wildman–Crippen MR) is 65.4 cm³/mol. The maximum Gasteiger partial charge on any atom is 0.00354 e. The Morgan fingerprint density at radius 1 is 1.08 bits per heavy atom. The largest absolute Gasteiger partial charge is 0.306 e. The van der Waals surface area contributed by atoms with E-state index in [-0.39, 0.29) is 0 Å². The zero-order valence-electron chi connectivity index (χ0n) is 9.77. The number of hydrogen-bond donors (Lipinski definition) is 0. The first-order chi connectivity index (χ1) is 6.31. The van der Waals surface area contributed by atoms with Crippen molar-refractivity contribution in [2.24, 2.45) is 5.41 Å². The highest BCUT2D eigenvalue weighted by Crippen LogP contribution is 2.47. The van der Waals surface area contributed by atoms with Crippen molar-refractivity contribution in [1.82, 2.24) is 4.90 Å². The van der Waals surface area contributed by atoms with E-state index in [2.05, 4.69) is 21.2 Å². The van der Waals surface area contributed by atoms with E-state index in [0.717, 1.165) is 5.41 Å². The van der Waals surface area contributed by atoms with Crippen LogP contribution in [0.15, 0.2) is 0 Å². The summed E-state index contributed by atoms with van der Waals surface area (Å²) in [7, 11) is 4.66. The molecule has 1 spiro atoms. The molecule has 0 bridgehead atoms. The molecule has 1 saturated carbocycles. The lowest BCUT2D eigenvalue weighted by Gasteiger charge is -2.37. The van der Waals surface area contributed by atoms with Crippen LogP contribution in [0.3, 0.4) is 0 Å². The van der Waals surface area contributed by atoms with Crippen LogP contribution >= 0.6 is 9.24 Å². The molecule has 0 N–H and O–H groups in total. The standard InChI is InChI=1S/C8H15N.C2H6.CH5P/c1-9-6-5-8(7-9)3-2-4-8;2*1-2/h2-7H2,1H3;1-2H3;2H2,1H3. The molecule has 1 heterocycles. The molecule has 0 aromatic carbocycles. The molecule has 0 aromatic heterocycles. The van der Waals surface area contributed by atoms with Gasteiger partial charge in [-0.3, -0.25) is 0 Å². The monoisotopic (exact) mass is 203 g/mol. The van der Waals surface area contributed by atoms with Crippen molar-refractivity contribution in [3.05, 3.63) is 0 Å². The zero-order chi connectivity index (χ0) is 10.3. The third-order valence-corrected chi connectivity index (χ3v) is 3.04. The van der Waals surface area contributed by atoms with Gasteiger partial charge in [0.05, 0.1) is 0 Å². The molecule has 1 nitrogen and oxygen atoms in total. The van der Waals surface area contributed by atoms with Crippen LogP contribution in [0.2, 0.25) is 0 Å². The molecule has 1 aliphatic heterocycles. The summed E-state index contributed by atoms with van der Waals surface area (Å²) in [6.45, 7) is 8.65. The van der Waals surface area contributed by atoms with E-state index in [0.29, 0.717) is 0 Å². The van der Waals surface area contributed by atoms with Crippen molar-refractivity contribution >= 4 is 9.24 Å². The lowest BCUT2D eigenvalue weighted by atomic mass is 9.68. The molecule has 1 saturated heterocycles. The molecule has 0 amide bonds. The van der Waals surface area contributed by atoms with Crippen LogP contribution in [-0.2, 0) is 0 Å². The van der Waals surface area contributed by atoms with Crippen LogP contribution in [0, 0.1) is 5.41 Å². The summed E-state index contributed by atoms with van der Waals surface area (Å²) in [5.41, 5.74) is 0.814. The highest BCUT2D eigenvalue weighted by molar-refractivity contribution is 7.15. The Kier molecular flexibility index (Phi) is 6.99. The van der Waals surface area contributed by atoms with Crippen molar-refractivity contribution in [2.45, 2.75) is 39.5 Å². The molecule has 2 fully saturated rings. The Balaban J connectivity index is 0.000000322. The first-order valence-corrected chi connectivity index (χ1v) is 6.73. The van der Waals surface area contributed by atoms with E-state index in [9.17, 15) is 0 Å². The van der Waals surface area contributed by atoms with Gasteiger partial charge < -0.3 is 4.90 Å². The van der Waals surface area contributed by atoms with Crippen LogP contribution in [0.25, 0.3) is 0 Å². The Labute approximate surface area is 86.5 Å². The number of likely N-dealkylation sites (tertiary alicyclic amines) is 1. The van der Waals surface area contributed by atoms with E-state index < -0.39 is 0 Å². The van der Waals surface area contributed by atoms with Crippen LogP contribution < -0.4 is 0 Å². The van der Waals surface area contributed by atoms with Crippen molar-refractivity contribution < 1.29 is 0 Å². The van der Waals surface area contributed by atoms with Crippen molar-refractivity contribution in [1.29, 1.82) is 0 Å². The van der Waals surface area contributed by atoms with Gasteiger partial charge in [-0.15, -0.1) is 9.24 Å². The van der Waals surface area contributed by atoms with E-state index in [4.69, 9.17) is 0 Å². The molecular formula is C11H26NP. The van der Waals surface area contributed by atoms with Crippen LogP contribution in [0.4, 0.5) is 0 Å². The predicted octanol–water partition coefficient (Wildman–Crippen LogP) is 3.01. The fraction of sp³-hybridized carbons (Fsp3) is 1.00. The summed E-state index contributed by atoms with van der Waals surface area (Å²) in [4.78, 5) is 2.47. The molecular weight excluding hydrogens is 177 g/mol. The van der Waals surface area contributed by atoms with Crippen molar-refractivity contribution in [2.75, 3.05) is 26.8 Å². The van der Waals surface area contributed by atoms with E-state index in [1.54, 1.807) is 0 Å². The van der Waals surface area contributed by atoms with Crippen LogP contribution in [-0.4, -0.2) is 31.7 Å². The van der Waals surface area contributed by atoms with Crippen molar-refractivity contribution in [3.63, 3.8) is 0 Å². The summed E-state index contributed by atoms with van der Waals surface area (Å²) in [6, 6.07) is 0. The topological polar surface area (TPSA) is 3.24 Å². The highest BCUT2D eigenvalue weighted by Gasteiger charge is 2.41. The summed E-state index contributed by atoms with van der Waals surface area (Å²) in [5.74, 6) is 0. The zero-order valence-corrected chi connectivity index (χ0v) is 10.9. The highest BCUT2D eigenvalue weighted by atomic mass is 31.0. The lowest BCUT2D eigenvalue weighted by Crippen LogP contribution is -2.31. The van der Waals surface area contributed by atoms with Gasteiger partial charge in [-0.25, -0.2) is 0 Å². The number of nitrogens with zero attached hydrogens (tertiary/aromatic N) is 1. The molecule has 1 unspecified atom stereocenters. The summed E-state index contributed by atoms with van der Waals surface area (Å²) >= 11 is 0. The molecule has 0 aromatic rings. The van der Waals surface area contributed by atoms with Gasteiger partial charge in [0.2, 0.25) is 0 Å². The van der Waals surface area contributed by atoms with Gasteiger partial charge in [0.1, 0.15) is 0 Å². The second-order valence-electron chi connectivity index (χ2n) is 3.84. The maximum atomic E-state index is 2.47. The SMILES string of the molecule is CC.CN1CCC2(CCC2)C1.CP. The Hall–Kier alpha value is 0.390. The second-order valence-corrected chi connectivity index (χ2v) is 3.84. The molecule has 2 heteroatoms. The first-order valence-electron chi connectivity index (χ1n) is 5.57. The van der Waals surface area contributed by atoms with Gasteiger partial charge in [0.15, 0.2) is 0 Å². The molecule has 1 aliphatic carbocycles. The third-order valence-electron chi connectivity index (χ3n) is 3.04. The second kappa shape index (κ2) is 6.79. The lowest BCUT2D eigenvalue weighted by molar-refractivity contribution is 0.145. The van der Waals surface area contributed by atoms with Crippen LogP contribution in [0.5, 0.6) is 0 Å². The fourth-order valence-electron chi connectivity index (χ4n) is 2.24. The first kappa shape index (κ1) is 13.4. The average molecular weight is 203 g/mol. The fourth-order valence-corrected chi connectivity index (χ4v) is 2.24. The smallest absolute Gasteiger partial charge is 0.00354 e. The van der Waals surface area contributed by atoms with Gasteiger partial charge >= 0.3 is 0 Å². The van der Waals surface area contributed by atoms with Gasteiger partial charge in [0.25, 0.3) is 0 Å². The normalized spacial score (nSPS) is 23.8. The van der Waals surface area contributed by atoms with Gasteiger partial charge in [-0.1, -0.05) is 26.9 Å². The molecule has 80 valence electrons. The average Bonchev–Trinajstić information content (AvgIpc) is 2.54. The van der Waals surface area contributed by atoms with Gasteiger partial charge in [0, 0.05) is 6.54 Å². The van der Waals surface area contributed by atoms with E-state index >= 15 is 0 Å². The van der Waals surface area contributed by atoms with E-state index in [1.807, 2.05) is 20.5 Å². The van der Waals surface area contributed by atoms with Crippen molar-refractivity contribution in [3.8, 4) is 0 Å². The quantitative estimate of drug-likeness (QED) is 0.547. The maximum absolute atomic E-state index is 2.47. The minimum absolute atomic E-state index is 0.814. The Bertz CT molecular complexity index is 121. The van der Waals surface area contributed by atoms with Gasteiger partial charge in [-0.2, -0.15) is 0 Å². The minimum atomic E-state index is 0.814. The third kappa shape index (κ3) is 3.56. The molecule has 2 aliphatic rings. The number of rotatable bonds is 0. The summed E-state index contributed by atoms with van der Waals surface area (Å²) < 4.78 is 0. The minimum Gasteiger partial charge on any atom is -0.306 e.